The third-order valence-corrected chi connectivity index (χ3v) is 5.98. The second kappa shape index (κ2) is 8.76. The fraction of sp³-hybridized carbons (Fsp3) is 0.522. The van der Waals surface area contributed by atoms with E-state index in [0.29, 0.717) is 29.4 Å². The van der Waals surface area contributed by atoms with Crippen molar-refractivity contribution in [2.24, 2.45) is 11.1 Å². The van der Waals surface area contributed by atoms with Crippen molar-refractivity contribution >= 4 is 34.4 Å². The van der Waals surface area contributed by atoms with Crippen molar-refractivity contribution in [3.05, 3.63) is 40.8 Å². The first kappa shape index (κ1) is 23.8. The van der Waals surface area contributed by atoms with Crippen LogP contribution in [0.2, 0.25) is 5.02 Å². The van der Waals surface area contributed by atoms with Gasteiger partial charge in [-0.3, -0.25) is 4.57 Å². The molecule has 178 valence electrons. The molecule has 2 aromatic heterocycles. The molecule has 0 aliphatic heterocycles. The third kappa shape index (κ3) is 5.58. The predicted octanol–water partition coefficient (Wildman–Crippen LogP) is 6.27. The van der Waals surface area contributed by atoms with Crippen LogP contribution in [0.4, 0.5) is 24.8 Å². The number of anilines is 2. The van der Waals surface area contributed by atoms with E-state index in [-0.39, 0.29) is 28.2 Å². The van der Waals surface area contributed by atoms with Gasteiger partial charge in [0.1, 0.15) is 11.3 Å². The minimum Gasteiger partial charge on any atom is -0.328 e. The largest absolute Gasteiger partial charge is 0.416 e. The highest BCUT2D eigenvalue weighted by Gasteiger charge is 2.32. The van der Waals surface area contributed by atoms with Crippen LogP contribution in [-0.4, -0.2) is 25.6 Å². The molecule has 4 rings (SSSR count). The number of imidazole rings is 1. The first-order chi connectivity index (χ1) is 15.4. The molecule has 0 bridgehead atoms. The van der Waals surface area contributed by atoms with Crippen LogP contribution in [0.1, 0.15) is 63.9 Å². The van der Waals surface area contributed by atoms with Crippen molar-refractivity contribution in [1.29, 1.82) is 0 Å². The van der Waals surface area contributed by atoms with Crippen molar-refractivity contribution in [3.8, 4) is 0 Å². The molecule has 0 spiro atoms. The van der Waals surface area contributed by atoms with Gasteiger partial charge in [-0.25, -0.2) is 15.0 Å². The number of alkyl halides is 3. The zero-order valence-electron chi connectivity index (χ0n) is 18.9. The average Bonchev–Trinajstić information content (AvgIpc) is 3.03. The molecule has 1 aliphatic rings. The van der Waals surface area contributed by atoms with Gasteiger partial charge in [0.15, 0.2) is 5.65 Å². The van der Waals surface area contributed by atoms with Crippen LogP contribution in [-0.2, 0) is 12.6 Å². The number of aromatic nitrogens is 4. The van der Waals surface area contributed by atoms with Gasteiger partial charge in [0.2, 0.25) is 5.95 Å². The van der Waals surface area contributed by atoms with Crippen LogP contribution in [0.25, 0.3) is 11.2 Å². The molecule has 1 aliphatic carbocycles. The van der Waals surface area contributed by atoms with E-state index in [2.05, 4.69) is 36.1 Å². The van der Waals surface area contributed by atoms with E-state index in [4.69, 9.17) is 22.3 Å². The van der Waals surface area contributed by atoms with Gasteiger partial charge < -0.3 is 11.1 Å². The Morgan fingerprint density at radius 3 is 2.42 bits per heavy atom. The maximum absolute atomic E-state index is 13.3. The van der Waals surface area contributed by atoms with E-state index in [1.807, 2.05) is 4.57 Å². The summed E-state index contributed by atoms with van der Waals surface area (Å²) in [6, 6.07) is 3.62. The zero-order chi connectivity index (χ0) is 24.0. The van der Waals surface area contributed by atoms with E-state index in [9.17, 15) is 13.2 Å². The van der Waals surface area contributed by atoms with Crippen molar-refractivity contribution in [1.82, 2.24) is 19.5 Å². The number of nitrogens with one attached hydrogen (secondary N) is 1. The molecular weight excluding hydrogens is 453 g/mol. The highest BCUT2D eigenvalue weighted by Crippen LogP contribution is 2.37. The molecular formula is C23H28ClF3N6. The Morgan fingerprint density at radius 1 is 1.09 bits per heavy atom. The summed E-state index contributed by atoms with van der Waals surface area (Å²) in [5.41, 5.74) is 6.76. The lowest BCUT2D eigenvalue weighted by Gasteiger charge is -2.28. The van der Waals surface area contributed by atoms with E-state index >= 15 is 0 Å². The number of nitrogens with zero attached hydrogens (tertiary/aromatic N) is 4. The maximum Gasteiger partial charge on any atom is 0.416 e. The SMILES string of the molecule is CC(C)(C)Cc1ncc2nc(Nc3cc(Cl)cc(C(F)(F)F)c3)n(C3CCC(N)CC3)c2n1. The summed E-state index contributed by atoms with van der Waals surface area (Å²) in [7, 11) is 0. The van der Waals surface area contributed by atoms with Gasteiger partial charge in [-0.2, -0.15) is 13.2 Å². The van der Waals surface area contributed by atoms with Gasteiger partial charge >= 0.3 is 6.18 Å². The van der Waals surface area contributed by atoms with E-state index in [0.717, 1.165) is 37.8 Å². The number of rotatable bonds is 4. The van der Waals surface area contributed by atoms with Crippen molar-refractivity contribution in [2.75, 3.05) is 5.32 Å². The van der Waals surface area contributed by atoms with Crippen LogP contribution in [0.3, 0.4) is 0 Å². The molecule has 10 heteroatoms. The fourth-order valence-electron chi connectivity index (χ4n) is 4.23. The smallest absolute Gasteiger partial charge is 0.328 e. The summed E-state index contributed by atoms with van der Waals surface area (Å²) < 4.78 is 41.9. The normalized spacial score (nSPS) is 19.8. The Labute approximate surface area is 195 Å². The monoisotopic (exact) mass is 480 g/mol. The van der Waals surface area contributed by atoms with Crippen LogP contribution < -0.4 is 11.1 Å². The molecule has 0 saturated heterocycles. The fourth-order valence-corrected chi connectivity index (χ4v) is 4.47. The molecule has 0 amide bonds. The lowest BCUT2D eigenvalue weighted by Crippen LogP contribution is -2.28. The van der Waals surface area contributed by atoms with Crippen LogP contribution in [0.15, 0.2) is 24.4 Å². The summed E-state index contributed by atoms with van der Waals surface area (Å²) >= 11 is 5.98. The zero-order valence-corrected chi connectivity index (χ0v) is 19.6. The number of nitrogens with two attached hydrogens (primary N) is 1. The number of fused-ring (bicyclic) bond motifs is 1. The number of halogens is 4. The van der Waals surface area contributed by atoms with Crippen LogP contribution in [0.5, 0.6) is 0 Å². The molecule has 3 aromatic rings. The van der Waals surface area contributed by atoms with Gasteiger partial charge in [0, 0.05) is 29.2 Å². The molecule has 1 aromatic carbocycles. The summed E-state index contributed by atoms with van der Waals surface area (Å²) in [4.78, 5) is 13.9. The van der Waals surface area contributed by atoms with Crippen molar-refractivity contribution in [2.45, 2.75) is 71.1 Å². The van der Waals surface area contributed by atoms with E-state index < -0.39 is 11.7 Å². The summed E-state index contributed by atoms with van der Waals surface area (Å²) in [5.74, 6) is 1.13. The summed E-state index contributed by atoms with van der Waals surface area (Å²) in [6.07, 6.45) is 1.26. The molecule has 0 unspecified atom stereocenters. The maximum atomic E-state index is 13.3. The van der Waals surface area contributed by atoms with E-state index in [1.54, 1.807) is 6.20 Å². The lowest BCUT2D eigenvalue weighted by atomic mass is 9.91. The van der Waals surface area contributed by atoms with Crippen molar-refractivity contribution < 1.29 is 13.2 Å². The second-order valence-corrected chi connectivity index (χ2v) is 10.4. The number of hydrogen-bond donors (Lipinski definition) is 2. The molecule has 6 nitrogen and oxygen atoms in total. The predicted molar refractivity (Wildman–Crippen MR) is 124 cm³/mol. The van der Waals surface area contributed by atoms with E-state index in [1.165, 1.54) is 6.07 Å². The number of hydrogen-bond acceptors (Lipinski definition) is 5. The molecule has 3 N–H and O–H groups in total. The number of benzene rings is 1. The average molecular weight is 481 g/mol. The molecule has 33 heavy (non-hydrogen) atoms. The second-order valence-electron chi connectivity index (χ2n) is 9.96. The molecule has 1 saturated carbocycles. The minimum absolute atomic E-state index is 0.00595. The molecule has 1 fully saturated rings. The Hall–Kier alpha value is -2.39. The Balaban J connectivity index is 1.79. The Bertz CT molecular complexity index is 1140. The molecule has 0 radical (unpaired) electrons. The van der Waals surface area contributed by atoms with Gasteiger partial charge in [-0.1, -0.05) is 32.4 Å². The van der Waals surface area contributed by atoms with Gasteiger partial charge in [0.05, 0.1) is 11.8 Å². The first-order valence-electron chi connectivity index (χ1n) is 11.0. The standard InChI is InChI=1S/C23H28ClF3N6/c1-22(2,3)11-19-29-12-18-20(32-19)33(17-6-4-15(28)5-7-17)21(31-18)30-16-9-13(23(25,26)27)8-14(24)10-16/h8-10,12,15,17H,4-7,11,28H2,1-3H3,(H,30,31). The Morgan fingerprint density at radius 2 is 1.79 bits per heavy atom. The van der Waals surface area contributed by atoms with Gasteiger partial charge in [0.25, 0.3) is 0 Å². The lowest BCUT2D eigenvalue weighted by molar-refractivity contribution is -0.137. The molecule has 2 heterocycles. The summed E-state index contributed by atoms with van der Waals surface area (Å²) in [6.45, 7) is 6.35. The van der Waals surface area contributed by atoms with Gasteiger partial charge in [-0.15, -0.1) is 0 Å². The van der Waals surface area contributed by atoms with Crippen LogP contribution >= 0.6 is 11.6 Å². The quantitative estimate of drug-likeness (QED) is 0.459. The molecule has 0 atom stereocenters. The topological polar surface area (TPSA) is 81.7 Å². The van der Waals surface area contributed by atoms with Crippen molar-refractivity contribution in [3.63, 3.8) is 0 Å². The summed E-state index contributed by atoms with van der Waals surface area (Å²) in [5, 5.41) is 3.05. The highest BCUT2D eigenvalue weighted by atomic mass is 35.5. The minimum atomic E-state index is -4.51. The Kier molecular flexibility index (Phi) is 6.30. The third-order valence-electron chi connectivity index (χ3n) is 5.76. The van der Waals surface area contributed by atoms with Crippen LogP contribution in [0, 0.1) is 5.41 Å². The first-order valence-corrected chi connectivity index (χ1v) is 11.4. The highest BCUT2D eigenvalue weighted by molar-refractivity contribution is 6.31. The van der Waals surface area contributed by atoms with Gasteiger partial charge in [-0.05, 0) is 49.3 Å².